The summed E-state index contributed by atoms with van der Waals surface area (Å²) in [7, 11) is 0. The Bertz CT molecular complexity index is 392. The van der Waals surface area contributed by atoms with Gasteiger partial charge in [-0.2, -0.15) is 0 Å². The van der Waals surface area contributed by atoms with Gasteiger partial charge in [-0.15, -0.1) is 0 Å². The van der Waals surface area contributed by atoms with Gasteiger partial charge in [-0.1, -0.05) is 30.3 Å². The van der Waals surface area contributed by atoms with Gasteiger partial charge >= 0.3 is 0 Å². The van der Waals surface area contributed by atoms with Gasteiger partial charge < -0.3 is 5.32 Å². The molecule has 0 radical (unpaired) electrons. The Morgan fingerprint density at radius 1 is 1.11 bits per heavy atom. The molecule has 2 heterocycles. The highest BCUT2D eigenvalue weighted by molar-refractivity contribution is 5.15. The number of nitrogens with one attached hydrogen (secondary N) is 1. The third kappa shape index (κ3) is 2.15. The zero-order valence-corrected chi connectivity index (χ0v) is 10.3. The van der Waals surface area contributed by atoms with Crippen LogP contribution < -0.4 is 5.32 Å². The van der Waals surface area contributed by atoms with Gasteiger partial charge in [0.25, 0.3) is 5.92 Å². The minimum Gasteiger partial charge on any atom is -0.316 e. The molecule has 2 aliphatic rings. The molecule has 2 bridgehead atoms. The van der Waals surface area contributed by atoms with Crippen molar-refractivity contribution in [2.75, 3.05) is 26.2 Å². The topological polar surface area (TPSA) is 15.3 Å². The zero-order valence-electron chi connectivity index (χ0n) is 10.3. The van der Waals surface area contributed by atoms with Crippen molar-refractivity contribution in [2.45, 2.75) is 12.5 Å². The van der Waals surface area contributed by atoms with E-state index >= 15 is 0 Å². The van der Waals surface area contributed by atoms with Crippen LogP contribution in [0.5, 0.6) is 0 Å². The number of likely N-dealkylation sites (tertiary alicyclic amines) is 1. The van der Waals surface area contributed by atoms with Crippen molar-refractivity contribution in [3.05, 3.63) is 35.9 Å². The highest BCUT2D eigenvalue weighted by Gasteiger charge is 2.53. The van der Waals surface area contributed by atoms with Gasteiger partial charge in [-0.25, -0.2) is 8.78 Å². The van der Waals surface area contributed by atoms with Crippen LogP contribution in [0.15, 0.2) is 30.3 Å². The lowest BCUT2D eigenvalue weighted by molar-refractivity contribution is -0.164. The van der Waals surface area contributed by atoms with Crippen molar-refractivity contribution >= 4 is 0 Å². The van der Waals surface area contributed by atoms with Crippen LogP contribution in [0.25, 0.3) is 0 Å². The van der Waals surface area contributed by atoms with E-state index in [1.807, 2.05) is 18.2 Å². The van der Waals surface area contributed by atoms with Crippen molar-refractivity contribution in [3.8, 4) is 0 Å². The number of fused-ring (bicyclic) bond motifs is 2. The van der Waals surface area contributed by atoms with E-state index in [2.05, 4.69) is 22.3 Å². The second kappa shape index (κ2) is 4.59. The van der Waals surface area contributed by atoms with Crippen LogP contribution in [0.3, 0.4) is 0 Å². The minimum absolute atomic E-state index is 0.439. The fraction of sp³-hybridized carbons (Fsp3) is 0.571. The van der Waals surface area contributed by atoms with E-state index in [0.29, 0.717) is 26.2 Å². The number of benzene rings is 1. The van der Waals surface area contributed by atoms with E-state index in [0.717, 1.165) is 6.54 Å². The van der Waals surface area contributed by atoms with E-state index in [-0.39, 0.29) is 0 Å². The molecular weight excluding hydrogens is 234 g/mol. The largest absolute Gasteiger partial charge is 0.316 e. The Kier molecular flexibility index (Phi) is 3.08. The van der Waals surface area contributed by atoms with E-state index in [1.54, 1.807) is 0 Å². The Morgan fingerprint density at radius 2 is 1.72 bits per heavy atom. The summed E-state index contributed by atoms with van der Waals surface area (Å²) < 4.78 is 27.9. The molecule has 2 saturated heterocycles. The summed E-state index contributed by atoms with van der Waals surface area (Å²) in [6.07, 6.45) is 0. The summed E-state index contributed by atoms with van der Waals surface area (Å²) in [6.45, 7) is 2.64. The van der Waals surface area contributed by atoms with Crippen LogP contribution in [0.2, 0.25) is 0 Å². The summed E-state index contributed by atoms with van der Waals surface area (Å²) in [5.41, 5.74) is 1.20. The quantitative estimate of drug-likeness (QED) is 0.865. The Hall–Kier alpha value is -1.00. The highest BCUT2D eigenvalue weighted by atomic mass is 19.3. The van der Waals surface area contributed by atoms with Crippen LogP contribution in [-0.4, -0.2) is 37.0 Å². The van der Waals surface area contributed by atoms with Gasteiger partial charge in [0.1, 0.15) is 0 Å². The van der Waals surface area contributed by atoms with E-state index < -0.39 is 17.8 Å². The number of nitrogens with zero attached hydrogens (tertiary/aromatic N) is 1. The average Bonchev–Trinajstić information content (AvgIpc) is 2.31. The van der Waals surface area contributed by atoms with E-state index in [9.17, 15) is 8.78 Å². The van der Waals surface area contributed by atoms with Crippen molar-refractivity contribution in [1.29, 1.82) is 0 Å². The van der Waals surface area contributed by atoms with Crippen molar-refractivity contribution in [3.63, 3.8) is 0 Å². The van der Waals surface area contributed by atoms with Crippen LogP contribution in [0, 0.1) is 11.8 Å². The molecule has 98 valence electrons. The second-order valence-electron chi connectivity index (χ2n) is 5.41. The third-order valence-electron chi connectivity index (χ3n) is 4.08. The fourth-order valence-electron chi connectivity index (χ4n) is 3.08. The predicted molar refractivity (Wildman–Crippen MR) is 66.5 cm³/mol. The lowest BCUT2D eigenvalue weighted by Gasteiger charge is -2.47. The fourth-order valence-corrected chi connectivity index (χ4v) is 3.08. The molecular formula is C14H18F2N2. The smallest absolute Gasteiger partial charge is 0.258 e. The van der Waals surface area contributed by atoms with Gasteiger partial charge in [-0.05, 0) is 5.56 Å². The molecule has 0 aliphatic carbocycles. The van der Waals surface area contributed by atoms with E-state index in [1.165, 1.54) is 5.56 Å². The van der Waals surface area contributed by atoms with Crippen LogP contribution in [0.4, 0.5) is 8.78 Å². The van der Waals surface area contributed by atoms with Crippen molar-refractivity contribution in [1.82, 2.24) is 10.2 Å². The maximum absolute atomic E-state index is 14.0. The number of halogens is 2. The molecule has 0 aromatic heterocycles. The van der Waals surface area contributed by atoms with Gasteiger partial charge in [-0.3, -0.25) is 4.90 Å². The number of hydrogen-bond donors (Lipinski definition) is 1. The molecule has 0 amide bonds. The lowest BCUT2D eigenvalue weighted by atomic mass is 9.81. The van der Waals surface area contributed by atoms with Crippen LogP contribution in [0.1, 0.15) is 5.56 Å². The first-order chi connectivity index (χ1) is 8.66. The standard InChI is InChI=1S/C14H18F2N2/c15-14(16)12-6-17-7-13(14)10-18(9-12)8-11-4-2-1-3-5-11/h1-5,12-13,17H,6-10H2. The van der Waals surface area contributed by atoms with Crippen LogP contribution >= 0.6 is 0 Å². The van der Waals surface area contributed by atoms with Crippen LogP contribution in [-0.2, 0) is 6.54 Å². The SMILES string of the molecule is FC1(F)C2CNCC1CN(Cc1ccccc1)C2. The molecule has 1 N–H and O–H groups in total. The van der Waals surface area contributed by atoms with E-state index in [4.69, 9.17) is 0 Å². The predicted octanol–water partition coefficient (Wildman–Crippen LogP) is 1.97. The highest BCUT2D eigenvalue weighted by Crippen LogP contribution is 2.40. The summed E-state index contributed by atoms with van der Waals surface area (Å²) >= 11 is 0. The maximum Gasteiger partial charge on any atom is 0.258 e. The molecule has 2 aliphatic heterocycles. The number of hydrogen-bond acceptors (Lipinski definition) is 2. The first kappa shape index (κ1) is 12.1. The summed E-state index contributed by atoms with van der Waals surface area (Å²) in [6, 6.07) is 10.1. The third-order valence-corrected chi connectivity index (χ3v) is 4.08. The van der Waals surface area contributed by atoms with Crippen molar-refractivity contribution < 1.29 is 8.78 Å². The summed E-state index contributed by atoms with van der Waals surface area (Å²) in [5, 5.41) is 3.12. The van der Waals surface area contributed by atoms with Gasteiger partial charge in [0.15, 0.2) is 0 Å². The number of alkyl halides is 2. The number of rotatable bonds is 2. The molecule has 2 fully saturated rings. The summed E-state index contributed by atoms with van der Waals surface area (Å²) in [4.78, 5) is 2.17. The molecule has 3 rings (SSSR count). The lowest BCUT2D eigenvalue weighted by Crippen LogP contribution is -2.62. The zero-order chi connectivity index (χ0) is 12.6. The monoisotopic (exact) mass is 252 g/mol. The molecule has 18 heavy (non-hydrogen) atoms. The molecule has 1 aromatic rings. The Labute approximate surface area is 106 Å². The normalized spacial score (nSPS) is 31.2. The molecule has 2 atom stereocenters. The maximum atomic E-state index is 14.0. The number of piperidine rings is 2. The Balaban J connectivity index is 1.70. The molecule has 1 aromatic carbocycles. The van der Waals surface area contributed by atoms with Gasteiger partial charge in [0.2, 0.25) is 0 Å². The second-order valence-corrected chi connectivity index (χ2v) is 5.41. The summed E-state index contributed by atoms with van der Waals surface area (Å²) in [5.74, 6) is -3.55. The first-order valence-corrected chi connectivity index (χ1v) is 6.51. The first-order valence-electron chi connectivity index (χ1n) is 6.51. The molecule has 0 saturated carbocycles. The Morgan fingerprint density at radius 3 is 2.33 bits per heavy atom. The van der Waals surface area contributed by atoms with Gasteiger partial charge in [0, 0.05) is 44.6 Å². The molecule has 2 nitrogen and oxygen atoms in total. The minimum atomic E-state index is -2.49. The molecule has 2 unspecified atom stereocenters. The average molecular weight is 252 g/mol. The molecule has 0 spiro atoms. The van der Waals surface area contributed by atoms with Crippen molar-refractivity contribution in [2.24, 2.45) is 11.8 Å². The van der Waals surface area contributed by atoms with Gasteiger partial charge in [0.05, 0.1) is 0 Å². The molecule has 4 heteroatoms.